The van der Waals surface area contributed by atoms with Crippen LogP contribution in [0.4, 0.5) is 5.13 Å². The van der Waals surface area contributed by atoms with Crippen LogP contribution in [0.1, 0.15) is 18.2 Å². The molecule has 134 valence electrons. The van der Waals surface area contributed by atoms with E-state index in [1.54, 1.807) is 20.2 Å². The van der Waals surface area contributed by atoms with Crippen LogP contribution in [0.2, 0.25) is 0 Å². The van der Waals surface area contributed by atoms with Gasteiger partial charge in [0.2, 0.25) is 5.13 Å². The van der Waals surface area contributed by atoms with Gasteiger partial charge in [-0.05, 0) is 23.8 Å². The summed E-state index contributed by atoms with van der Waals surface area (Å²) in [7, 11) is 1.64. The predicted molar refractivity (Wildman–Crippen MR) is 104 cm³/mol. The number of hydrazone groups is 1. The summed E-state index contributed by atoms with van der Waals surface area (Å²) in [4.78, 5) is 15.8. The number of ether oxygens (including phenoxy) is 2. The molecule has 2 aromatic carbocycles. The molecule has 1 aromatic heterocycles. The molecule has 3 rings (SSSR count). The van der Waals surface area contributed by atoms with Gasteiger partial charge in [-0.25, -0.2) is 4.98 Å². The van der Waals surface area contributed by atoms with Gasteiger partial charge in [0, 0.05) is 10.9 Å². The number of thiazole rings is 1. The lowest BCUT2D eigenvalue weighted by Crippen LogP contribution is -2.07. The highest BCUT2D eigenvalue weighted by atomic mass is 32.1. The number of esters is 1. The Labute approximate surface area is 155 Å². The molecule has 0 saturated carbocycles. The number of nitrogens with zero attached hydrogens (tertiary/aromatic N) is 2. The Morgan fingerprint density at radius 2 is 2.15 bits per heavy atom. The van der Waals surface area contributed by atoms with E-state index >= 15 is 0 Å². The van der Waals surface area contributed by atoms with E-state index in [1.165, 1.54) is 11.3 Å². The topological polar surface area (TPSA) is 72.8 Å². The van der Waals surface area contributed by atoms with Crippen LogP contribution in [-0.2, 0) is 16.0 Å². The molecule has 0 atom stereocenters. The zero-order valence-electron chi connectivity index (χ0n) is 14.6. The molecule has 1 N–H and O–H groups in total. The Balaban J connectivity index is 1.74. The predicted octanol–water partition coefficient (Wildman–Crippen LogP) is 3.86. The molecule has 0 amide bonds. The standard InChI is InChI=1S/C19H19N3O3S/c1-3-25-18(23)10-14-12-26-19(21-14)22-20-11-16-15-7-5-4-6-13(15)8-9-17(16)24-2/h4-9,11-12H,3,10H2,1-2H3,(H,21,22). The second-order valence-corrected chi connectivity index (χ2v) is 6.26. The number of carbonyl (C=O) groups excluding carboxylic acids is 1. The quantitative estimate of drug-likeness (QED) is 0.389. The minimum Gasteiger partial charge on any atom is -0.496 e. The van der Waals surface area contributed by atoms with Crippen LogP contribution in [0.3, 0.4) is 0 Å². The summed E-state index contributed by atoms with van der Waals surface area (Å²) >= 11 is 1.38. The van der Waals surface area contributed by atoms with Crippen molar-refractivity contribution in [1.82, 2.24) is 4.98 Å². The van der Waals surface area contributed by atoms with Gasteiger partial charge in [0.05, 0.1) is 32.0 Å². The van der Waals surface area contributed by atoms with E-state index in [0.29, 0.717) is 17.4 Å². The maximum atomic E-state index is 11.5. The SMILES string of the molecule is CCOC(=O)Cc1csc(NN=Cc2c(OC)ccc3ccccc23)n1. The highest BCUT2D eigenvalue weighted by molar-refractivity contribution is 7.13. The third kappa shape index (κ3) is 4.18. The van der Waals surface area contributed by atoms with Crippen molar-refractivity contribution >= 4 is 39.4 Å². The number of methoxy groups -OCH3 is 1. The van der Waals surface area contributed by atoms with Gasteiger partial charge in [-0.2, -0.15) is 5.10 Å². The Bertz CT molecular complexity index is 937. The summed E-state index contributed by atoms with van der Waals surface area (Å²) in [6.07, 6.45) is 1.88. The van der Waals surface area contributed by atoms with E-state index in [-0.39, 0.29) is 12.4 Å². The van der Waals surface area contributed by atoms with Crippen molar-refractivity contribution < 1.29 is 14.3 Å². The summed E-state index contributed by atoms with van der Waals surface area (Å²) in [5.74, 6) is 0.463. The number of hydrogen-bond acceptors (Lipinski definition) is 7. The Morgan fingerprint density at radius 1 is 1.31 bits per heavy atom. The minimum atomic E-state index is -0.284. The van der Waals surface area contributed by atoms with Gasteiger partial charge in [0.15, 0.2) is 0 Å². The first-order chi connectivity index (χ1) is 12.7. The largest absolute Gasteiger partial charge is 0.496 e. The third-order valence-corrected chi connectivity index (χ3v) is 4.48. The lowest BCUT2D eigenvalue weighted by molar-refractivity contribution is -0.142. The first kappa shape index (κ1) is 17.9. The van der Waals surface area contributed by atoms with Gasteiger partial charge in [-0.15, -0.1) is 11.3 Å². The molecule has 3 aromatic rings. The fourth-order valence-electron chi connectivity index (χ4n) is 2.54. The van der Waals surface area contributed by atoms with Crippen LogP contribution < -0.4 is 10.2 Å². The summed E-state index contributed by atoms with van der Waals surface area (Å²) in [5, 5.41) is 8.87. The van der Waals surface area contributed by atoms with Crippen molar-refractivity contribution in [2.45, 2.75) is 13.3 Å². The second-order valence-electron chi connectivity index (χ2n) is 5.40. The van der Waals surface area contributed by atoms with E-state index in [2.05, 4.69) is 15.5 Å². The lowest BCUT2D eigenvalue weighted by Gasteiger charge is -2.08. The average molecular weight is 369 g/mol. The Hall–Kier alpha value is -2.93. The van der Waals surface area contributed by atoms with Crippen LogP contribution >= 0.6 is 11.3 Å². The number of nitrogens with one attached hydrogen (secondary N) is 1. The fraction of sp³-hybridized carbons (Fsp3) is 0.211. The molecule has 0 fully saturated rings. The van der Waals surface area contributed by atoms with Crippen molar-refractivity contribution in [3.05, 3.63) is 53.0 Å². The van der Waals surface area contributed by atoms with Crippen LogP contribution in [-0.4, -0.2) is 30.9 Å². The zero-order valence-corrected chi connectivity index (χ0v) is 15.4. The molecule has 7 heteroatoms. The van der Waals surface area contributed by atoms with E-state index in [4.69, 9.17) is 9.47 Å². The first-order valence-corrected chi connectivity index (χ1v) is 9.04. The molecule has 26 heavy (non-hydrogen) atoms. The van der Waals surface area contributed by atoms with Crippen LogP contribution in [0.15, 0.2) is 46.9 Å². The van der Waals surface area contributed by atoms with E-state index in [1.807, 2.05) is 41.8 Å². The minimum absolute atomic E-state index is 0.160. The van der Waals surface area contributed by atoms with Gasteiger partial charge < -0.3 is 9.47 Å². The van der Waals surface area contributed by atoms with Crippen molar-refractivity contribution in [3.8, 4) is 5.75 Å². The molecule has 0 radical (unpaired) electrons. The van der Waals surface area contributed by atoms with Gasteiger partial charge >= 0.3 is 5.97 Å². The van der Waals surface area contributed by atoms with E-state index in [9.17, 15) is 4.79 Å². The average Bonchev–Trinajstić information content (AvgIpc) is 3.09. The molecule has 6 nitrogen and oxygen atoms in total. The fourth-order valence-corrected chi connectivity index (χ4v) is 3.20. The van der Waals surface area contributed by atoms with Crippen LogP contribution in [0.5, 0.6) is 5.75 Å². The molecule has 0 saturated heterocycles. The summed E-state index contributed by atoms with van der Waals surface area (Å²) < 4.78 is 10.4. The first-order valence-electron chi connectivity index (χ1n) is 8.16. The van der Waals surface area contributed by atoms with E-state index < -0.39 is 0 Å². The molecule has 0 aliphatic rings. The van der Waals surface area contributed by atoms with Crippen LogP contribution in [0, 0.1) is 0 Å². The molecule has 1 heterocycles. The summed E-state index contributed by atoms with van der Waals surface area (Å²) in [6.45, 7) is 2.15. The number of rotatable bonds is 7. The molecule has 0 bridgehead atoms. The maximum Gasteiger partial charge on any atom is 0.311 e. The molecule has 0 aliphatic carbocycles. The number of aromatic nitrogens is 1. The van der Waals surface area contributed by atoms with Gasteiger partial charge in [0.1, 0.15) is 5.75 Å². The maximum absolute atomic E-state index is 11.5. The molecule has 0 unspecified atom stereocenters. The molecular weight excluding hydrogens is 350 g/mol. The second kappa shape index (κ2) is 8.44. The van der Waals surface area contributed by atoms with Gasteiger partial charge in [-0.1, -0.05) is 30.3 Å². The smallest absolute Gasteiger partial charge is 0.311 e. The molecule has 0 aliphatic heterocycles. The monoisotopic (exact) mass is 369 g/mol. The zero-order chi connectivity index (χ0) is 18.4. The van der Waals surface area contributed by atoms with E-state index in [0.717, 1.165) is 22.1 Å². The number of benzene rings is 2. The van der Waals surface area contributed by atoms with Crippen molar-refractivity contribution in [3.63, 3.8) is 0 Å². The van der Waals surface area contributed by atoms with Crippen molar-refractivity contribution in [1.29, 1.82) is 0 Å². The van der Waals surface area contributed by atoms with Gasteiger partial charge in [0.25, 0.3) is 0 Å². The highest BCUT2D eigenvalue weighted by Gasteiger charge is 2.09. The Morgan fingerprint density at radius 3 is 2.96 bits per heavy atom. The van der Waals surface area contributed by atoms with Crippen molar-refractivity contribution in [2.24, 2.45) is 5.10 Å². The number of fused-ring (bicyclic) bond motifs is 1. The summed E-state index contributed by atoms with van der Waals surface area (Å²) in [6, 6.07) is 12.0. The molecular formula is C19H19N3O3S. The van der Waals surface area contributed by atoms with Crippen LogP contribution in [0.25, 0.3) is 10.8 Å². The molecule has 0 spiro atoms. The number of hydrogen-bond donors (Lipinski definition) is 1. The third-order valence-electron chi connectivity index (χ3n) is 3.69. The summed E-state index contributed by atoms with van der Waals surface area (Å²) in [5.41, 5.74) is 4.46. The lowest BCUT2D eigenvalue weighted by atomic mass is 10.0. The van der Waals surface area contributed by atoms with Gasteiger partial charge in [-0.3, -0.25) is 10.2 Å². The highest BCUT2D eigenvalue weighted by Crippen LogP contribution is 2.26. The number of anilines is 1. The number of carbonyl (C=O) groups is 1. The Kier molecular flexibility index (Phi) is 5.80. The normalized spacial score (nSPS) is 11.0. The van der Waals surface area contributed by atoms with Crippen molar-refractivity contribution in [2.75, 3.05) is 19.1 Å².